The van der Waals surface area contributed by atoms with Gasteiger partial charge in [-0.1, -0.05) is 24.3 Å². The molecule has 0 saturated heterocycles. The highest BCUT2D eigenvalue weighted by molar-refractivity contribution is 6.06. The van der Waals surface area contributed by atoms with Crippen LogP contribution in [0.4, 0.5) is 22.7 Å². The monoisotopic (exact) mass is 416 g/mol. The van der Waals surface area contributed by atoms with Crippen LogP contribution in [-0.4, -0.2) is 31.3 Å². The van der Waals surface area contributed by atoms with Gasteiger partial charge in [-0.25, -0.2) is 0 Å². The van der Waals surface area contributed by atoms with Crippen LogP contribution in [0, 0.1) is 0 Å². The Morgan fingerprint density at radius 1 is 0.774 bits per heavy atom. The fourth-order valence-electron chi connectivity index (χ4n) is 2.96. The van der Waals surface area contributed by atoms with Crippen molar-refractivity contribution in [3.05, 3.63) is 84.4 Å². The van der Waals surface area contributed by atoms with Gasteiger partial charge in [0.1, 0.15) is 0 Å². The third kappa shape index (κ3) is 6.17. The van der Waals surface area contributed by atoms with Gasteiger partial charge in [0.25, 0.3) is 5.91 Å². The Kier molecular flexibility index (Phi) is 7.01. The van der Waals surface area contributed by atoms with Crippen LogP contribution < -0.4 is 20.9 Å². The van der Waals surface area contributed by atoms with Crippen molar-refractivity contribution in [1.29, 1.82) is 0 Å². The summed E-state index contributed by atoms with van der Waals surface area (Å²) in [6, 6.07) is 23.3. The normalized spacial score (nSPS) is 10.1. The van der Waals surface area contributed by atoms with Gasteiger partial charge in [-0.2, -0.15) is 0 Å². The number of carbonyl (C=O) groups is 3. The molecule has 0 radical (unpaired) electrons. The Hall–Kier alpha value is -4.13. The van der Waals surface area contributed by atoms with E-state index < -0.39 is 0 Å². The van der Waals surface area contributed by atoms with Crippen molar-refractivity contribution in [1.82, 2.24) is 0 Å². The molecule has 0 atom stereocenters. The van der Waals surface area contributed by atoms with Gasteiger partial charge in [-0.05, 0) is 54.6 Å². The molecular weight excluding hydrogens is 392 g/mol. The summed E-state index contributed by atoms with van der Waals surface area (Å²) in [4.78, 5) is 37.6. The van der Waals surface area contributed by atoms with Gasteiger partial charge in [0.15, 0.2) is 0 Å². The fourth-order valence-corrected chi connectivity index (χ4v) is 2.96. The van der Waals surface area contributed by atoms with E-state index in [4.69, 9.17) is 0 Å². The van der Waals surface area contributed by atoms with Gasteiger partial charge < -0.3 is 20.9 Å². The Labute approximate surface area is 181 Å². The van der Waals surface area contributed by atoms with Crippen molar-refractivity contribution in [3.8, 4) is 0 Å². The maximum absolute atomic E-state index is 12.6. The molecule has 0 unspecified atom stereocenters. The van der Waals surface area contributed by atoms with Crippen LogP contribution in [-0.2, 0) is 9.59 Å². The van der Waals surface area contributed by atoms with Crippen LogP contribution in [0.2, 0.25) is 0 Å². The first kappa shape index (κ1) is 21.6. The number of hydrogen-bond donors (Lipinski definition) is 3. The van der Waals surface area contributed by atoms with Gasteiger partial charge in [-0.3, -0.25) is 14.4 Å². The molecular formula is C24H24N4O3. The highest BCUT2D eigenvalue weighted by atomic mass is 16.2. The molecule has 3 rings (SSSR count). The van der Waals surface area contributed by atoms with Crippen molar-refractivity contribution >= 4 is 40.5 Å². The predicted molar refractivity (Wildman–Crippen MR) is 123 cm³/mol. The summed E-state index contributed by atoms with van der Waals surface area (Å²) >= 11 is 0. The Bertz CT molecular complexity index is 1070. The van der Waals surface area contributed by atoms with Crippen LogP contribution in [0.25, 0.3) is 0 Å². The molecule has 3 N–H and O–H groups in total. The number of amides is 3. The number of nitrogens with one attached hydrogen (secondary N) is 3. The summed E-state index contributed by atoms with van der Waals surface area (Å²) in [5.74, 6) is -0.527. The minimum atomic E-state index is -0.232. The third-order valence-electron chi connectivity index (χ3n) is 4.50. The second kappa shape index (κ2) is 10.1. The second-order valence-corrected chi connectivity index (χ2v) is 6.94. The highest BCUT2D eigenvalue weighted by Gasteiger charge is 2.13. The average Bonchev–Trinajstić information content (AvgIpc) is 2.77. The molecule has 0 aliphatic rings. The molecule has 0 heterocycles. The molecule has 0 bridgehead atoms. The van der Waals surface area contributed by atoms with E-state index in [0.29, 0.717) is 16.9 Å². The van der Waals surface area contributed by atoms with Crippen LogP contribution >= 0.6 is 0 Å². The minimum absolute atomic E-state index is 0.0571. The first-order chi connectivity index (χ1) is 14.9. The lowest BCUT2D eigenvalue weighted by molar-refractivity contribution is -0.115. The lowest BCUT2D eigenvalue weighted by atomic mass is 10.1. The van der Waals surface area contributed by atoms with Crippen molar-refractivity contribution in [2.45, 2.75) is 6.92 Å². The summed E-state index contributed by atoms with van der Waals surface area (Å²) in [5.41, 5.74) is 3.29. The fraction of sp³-hybridized carbons (Fsp3) is 0.125. The second-order valence-electron chi connectivity index (χ2n) is 6.94. The molecule has 0 aliphatic heterocycles. The number of benzene rings is 3. The zero-order chi connectivity index (χ0) is 22.2. The number of para-hydroxylation sites is 1. The lowest BCUT2D eigenvalue weighted by Gasteiger charge is -2.17. The molecule has 0 aliphatic carbocycles. The summed E-state index contributed by atoms with van der Waals surface area (Å²) in [6.07, 6.45) is 0. The minimum Gasteiger partial charge on any atom is -0.376 e. The van der Waals surface area contributed by atoms with E-state index in [9.17, 15) is 14.4 Å². The summed E-state index contributed by atoms with van der Waals surface area (Å²) in [6.45, 7) is 1.48. The Morgan fingerprint density at radius 3 is 2.06 bits per heavy atom. The maximum atomic E-state index is 12.6. The smallest absolute Gasteiger partial charge is 0.258 e. The Balaban J connectivity index is 1.54. The topological polar surface area (TPSA) is 90.5 Å². The highest BCUT2D eigenvalue weighted by Crippen LogP contribution is 2.17. The number of nitrogens with zero attached hydrogens (tertiary/aromatic N) is 1. The standard InChI is InChI=1S/C24H24N4O3/c1-17(29)26-20-7-6-8-21(15-20)27-23(30)16-25-19-13-11-18(12-14-19)24(31)28(2)22-9-4-3-5-10-22/h3-15,25H,16H2,1-2H3,(H,26,29)(H,27,30). The van der Waals surface area contributed by atoms with Gasteiger partial charge in [0.05, 0.1) is 6.54 Å². The predicted octanol–water partition coefficient (Wildman–Crippen LogP) is 3.97. The van der Waals surface area contributed by atoms with Gasteiger partial charge in [0.2, 0.25) is 11.8 Å². The number of anilines is 4. The molecule has 158 valence electrons. The molecule has 7 nitrogen and oxygen atoms in total. The zero-order valence-corrected chi connectivity index (χ0v) is 17.4. The van der Waals surface area contributed by atoms with Gasteiger partial charge in [-0.15, -0.1) is 0 Å². The molecule has 3 aromatic rings. The van der Waals surface area contributed by atoms with Gasteiger partial charge in [0, 0.05) is 42.3 Å². The maximum Gasteiger partial charge on any atom is 0.258 e. The Morgan fingerprint density at radius 2 is 1.42 bits per heavy atom. The van der Waals surface area contributed by atoms with Crippen LogP contribution in [0.1, 0.15) is 17.3 Å². The molecule has 0 spiro atoms. The van der Waals surface area contributed by atoms with Gasteiger partial charge >= 0.3 is 0 Å². The molecule has 3 aromatic carbocycles. The first-order valence-electron chi connectivity index (χ1n) is 9.77. The quantitative estimate of drug-likeness (QED) is 0.544. The first-order valence-corrected chi connectivity index (χ1v) is 9.77. The van der Waals surface area contributed by atoms with E-state index >= 15 is 0 Å². The number of carbonyl (C=O) groups excluding carboxylic acids is 3. The van der Waals surface area contributed by atoms with E-state index in [-0.39, 0.29) is 24.3 Å². The average molecular weight is 416 g/mol. The number of rotatable bonds is 7. The molecule has 31 heavy (non-hydrogen) atoms. The van der Waals surface area contributed by atoms with E-state index in [1.165, 1.54) is 6.92 Å². The molecule has 0 saturated carbocycles. The number of hydrogen-bond acceptors (Lipinski definition) is 4. The van der Waals surface area contributed by atoms with Crippen molar-refractivity contribution in [3.63, 3.8) is 0 Å². The van der Waals surface area contributed by atoms with Crippen LogP contribution in [0.15, 0.2) is 78.9 Å². The molecule has 3 amide bonds. The zero-order valence-electron chi connectivity index (χ0n) is 17.4. The summed E-state index contributed by atoms with van der Waals surface area (Å²) in [7, 11) is 1.73. The van der Waals surface area contributed by atoms with E-state index in [1.807, 2.05) is 30.3 Å². The third-order valence-corrected chi connectivity index (χ3v) is 4.50. The van der Waals surface area contributed by atoms with E-state index in [2.05, 4.69) is 16.0 Å². The largest absolute Gasteiger partial charge is 0.376 e. The van der Waals surface area contributed by atoms with E-state index in [1.54, 1.807) is 60.5 Å². The van der Waals surface area contributed by atoms with Crippen LogP contribution in [0.5, 0.6) is 0 Å². The molecule has 0 aromatic heterocycles. The van der Waals surface area contributed by atoms with Crippen LogP contribution in [0.3, 0.4) is 0 Å². The molecule has 7 heteroatoms. The van der Waals surface area contributed by atoms with Crippen molar-refractivity contribution in [2.24, 2.45) is 0 Å². The van der Waals surface area contributed by atoms with Crippen molar-refractivity contribution in [2.75, 3.05) is 34.4 Å². The van der Waals surface area contributed by atoms with Crippen molar-refractivity contribution < 1.29 is 14.4 Å². The lowest BCUT2D eigenvalue weighted by Crippen LogP contribution is -2.26. The summed E-state index contributed by atoms with van der Waals surface area (Å²) < 4.78 is 0. The molecule has 0 fully saturated rings. The SMILES string of the molecule is CC(=O)Nc1cccc(NC(=O)CNc2ccc(C(=O)N(C)c3ccccc3)cc2)c1. The summed E-state index contributed by atoms with van der Waals surface area (Å²) in [5, 5.41) is 8.48. The van der Waals surface area contributed by atoms with E-state index in [0.717, 1.165) is 11.4 Å².